The summed E-state index contributed by atoms with van der Waals surface area (Å²) < 4.78 is 39.3. The van der Waals surface area contributed by atoms with Crippen LogP contribution in [0.4, 0.5) is 24.8 Å². The molecule has 9 heteroatoms. The molecular formula is C18H17F3N4OS. The fraction of sp³-hybridized carbons (Fsp3) is 0.278. The predicted molar refractivity (Wildman–Crippen MR) is 99.3 cm³/mol. The summed E-state index contributed by atoms with van der Waals surface area (Å²) >= 11 is 1.37. The van der Waals surface area contributed by atoms with Crippen molar-refractivity contribution < 1.29 is 18.0 Å². The van der Waals surface area contributed by atoms with Gasteiger partial charge in [-0.25, -0.2) is 9.97 Å². The highest BCUT2D eigenvalue weighted by molar-refractivity contribution is 8.09. The second-order valence-corrected chi connectivity index (χ2v) is 7.21. The fourth-order valence-corrected chi connectivity index (χ4v) is 3.84. The number of benzene rings is 1. The van der Waals surface area contributed by atoms with Gasteiger partial charge in [0.2, 0.25) is 5.95 Å². The summed E-state index contributed by atoms with van der Waals surface area (Å²) in [4.78, 5) is 22.3. The van der Waals surface area contributed by atoms with Crippen molar-refractivity contribution in [1.82, 2.24) is 14.9 Å². The van der Waals surface area contributed by atoms with Crippen molar-refractivity contribution in [2.45, 2.75) is 25.4 Å². The first-order valence-electron chi connectivity index (χ1n) is 8.04. The molecule has 0 aliphatic carbocycles. The number of halogens is 3. The Morgan fingerprint density at radius 3 is 2.63 bits per heavy atom. The molecule has 2 aromatic rings. The normalized spacial score (nSPS) is 17.4. The molecule has 0 bridgehead atoms. The van der Waals surface area contributed by atoms with Crippen LogP contribution in [0.5, 0.6) is 0 Å². The molecule has 0 spiro atoms. The predicted octanol–water partition coefficient (Wildman–Crippen LogP) is 4.44. The Morgan fingerprint density at radius 1 is 1.26 bits per heavy atom. The van der Waals surface area contributed by atoms with Gasteiger partial charge < -0.3 is 15.0 Å². The maximum absolute atomic E-state index is 13.1. The van der Waals surface area contributed by atoms with Crippen molar-refractivity contribution in [3.8, 4) is 0 Å². The molecule has 0 saturated carbocycles. The first-order chi connectivity index (χ1) is 12.7. The molecule has 142 valence electrons. The van der Waals surface area contributed by atoms with Gasteiger partial charge in [0, 0.05) is 24.6 Å². The molecule has 5 nitrogen and oxygen atoms in total. The van der Waals surface area contributed by atoms with E-state index >= 15 is 0 Å². The monoisotopic (exact) mass is 394 g/mol. The van der Waals surface area contributed by atoms with Crippen LogP contribution in [0.25, 0.3) is 4.91 Å². The van der Waals surface area contributed by atoms with Gasteiger partial charge in [0.25, 0.3) is 0 Å². The average molecular weight is 394 g/mol. The number of hydrogen-bond acceptors (Lipinski definition) is 6. The first-order valence-corrected chi connectivity index (χ1v) is 8.92. The highest BCUT2D eigenvalue weighted by atomic mass is 32.2. The van der Waals surface area contributed by atoms with E-state index in [2.05, 4.69) is 15.3 Å². The van der Waals surface area contributed by atoms with Crippen LogP contribution in [0.15, 0.2) is 36.2 Å². The second-order valence-electron chi connectivity index (χ2n) is 6.09. The number of alkyl halides is 3. The lowest BCUT2D eigenvalue weighted by Gasteiger charge is -2.16. The van der Waals surface area contributed by atoms with E-state index in [9.17, 15) is 18.0 Å². The van der Waals surface area contributed by atoms with Gasteiger partial charge in [-0.15, -0.1) is 0 Å². The van der Waals surface area contributed by atoms with Gasteiger partial charge >= 0.3 is 6.18 Å². The summed E-state index contributed by atoms with van der Waals surface area (Å²) in [5, 5.41) is 2.50. The van der Waals surface area contributed by atoms with Gasteiger partial charge in [-0.1, -0.05) is 17.8 Å². The summed E-state index contributed by atoms with van der Waals surface area (Å²) in [5.74, 6) is 0.183. The highest BCUT2D eigenvalue weighted by Gasteiger charge is 2.32. The van der Waals surface area contributed by atoms with E-state index in [-0.39, 0.29) is 22.6 Å². The number of aldehydes is 1. The van der Waals surface area contributed by atoms with Gasteiger partial charge in [-0.05, 0) is 37.6 Å². The number of aromatic nitrogens is 2. The summed E-state index contributed by atoms with van der Waals surface area (Å²) in [5.41, 5.74) is 1.20. The minimum atomic E-state index is -4.43. The lowest BCUT2D eigenvalue weighted by atomic mass is 10.1. The fourth-order valence-electron chi connectivity index (χ4n) is 2.68. The van der Waals surface area contributed by atoms with Crippen LogP contribution in [0.2, 0.25) is 0 Å². The Hall–Kier alpha value is -2.55. The van der Waals surface area contributed by atoms with Gasteiger partial charge in [-0.3, -0.25) is 0 Å². The number of anilines is 2. The molecule has 0 fully saturated rings. The molecule has 1 aromatic carbocycles. The molecule has 1 atom stereocenters. The topological polar surface area (TPSA) is 58.1 Å². The maximum atomic E-state index is 13.1. The zero-order valence-corrected chi connectivity index (χ0v) is 15.6. The third kappa shape index (κ3) is 3.92. The van der Waals surface area contributed by atoms with Crippen LogP contribution in [0.3, 0.4) is 0 Å². The zero-order chi connectivity index (χ0) is 19.8. The molecule has 1 aliphatic heterocycles. The summed E-state index contributed by atoms with van der Waals surface area (Å²) in [6.45, 7) is 3.30. The molecule has 1 N–H and O–H groups in total. The summed E-state index contributed by atoms with van der Waals surface area (Å²) in [6, 6.07) is 5.69. The van der Waals surface area contributed by atoms with Crippen LogP contribution >= 0.6 is 11.8 Å². The van der Waals surface area contributed by atoms with E-state index < -0.39 is 11.7 Å². The van der Waals surface area contributed by atoms with Crippen molar-refractivity contribution in [3.05, 3.63) is 53.0 Å². The number of nitrogens with one attached hydrogen (secondary N) is 1. The van der Waals surface area contributed by atoms with Gasteiger partial charge in [0.15, 0.2) is 6.29 Å². The van der Waals surface area contributed by atoms with Crippen LogP contribution in [-0.4, -0.2) is 33.6 Å². The smallest absolute Gasteiger partial charge is 0.359 e. The number of carbonyl (C=O) groups is 1. The number of likely N-dealkylation sites (N-methyl/N-ethyl adjacent to an activating group) is 1. The Bertz CT molecular complexity index is 914. The van der Waals surface area contributed by atoms with Crippen molar-refractivity contribution >= 4 is 34.6 Å². The van der Waals surface area contributed by atoms with Crippen LogP contribution in [0, 0.1) is 6.92 Å². The van der Waals surface area contributed by atoms with E-state index in [0.29, 0.717) is 5.69 Å². The average Bonchev–Trinajstić information content (AvgIpc) is 2.91. The number of carbonyl (C=O) groups excluding carboxylic acids is 1. The third-order valence-electron chi connectivity index (χ3n) is 4.28. The molecule has 2 heterocycles. The maximum Gasteiger partial charge on any atom is 0.416 e. The molecule has 1 aliphatic rings. The zero-order valence-electron chi connectivity index (χ0n) is 14.8. The van der Waals surface area contributed by atoms with Crippen molar-refractivity contribution in [2.24, 2.45) is 0 Å². The lowest BCUT2D eigenvalue weighted by molar-refractivity contribution is -0.138. The van der Waals surface area contributed by atoms with E-state index in [1.54, 1.807) is 12.1 Å². The number of rotatable bonds is 4. The summed E-state index contributed by atoms with van der Waals surface area (Å²) in [7, 11) is 1.82. The quantitative estimate of drug-likeness (QED) is 0.774. The minimum Gasteiger partial charge on any atom is -0.359 e. The van der Waals surface area contributed by atoms with Gasteiger partial charge in [-0.2, -0.15) is 13.2 Å². The SMILES string of the molecule is CC1=C(c2ccnc(Nc3ccc(C)c(C(F)(F)F)c3)n2)SC(C=O)N1C. The van der Waals surface area contributed by atoms with Crippen LogP contribution in [-0.2, 0) is 11.0 Å². The van der Waals surface area contributed by atoms with Crippen molar-refractivity contribution in [3.63, 3.8) is 0 Å². The van der Waals surface area contributed by atoms with E-state index in [0.717, 1.165) is 23.0 Å². The van der Waals surface area contributed by atoms with Crippen molar-refractivity contribution in [1.29, 1.82) is 0 Å². The molecule has 0 amide bonds. The number of allylic oxidation sites excluding steroid dienone is 1. The minimum absolute atomic E-state index is 0.147. The van der Waals surface area contributed by atoms with Crippen LogP contribution in [0.1, 0.15) is 23.7 Å². The Kier molecular flexibility index (Phi) is 5.14. The standard InChI is InChI=1S/C18H17F3N4OS/c1-10-4-5-12(8-13(10)18(19,20)21)23-17-22-7-6-14(24-17)16-11(2)25(3)15(9-26)27-16/h4-9,15H,1-3H3,(H,22,23,24). The number of nitrogens with zero attached hydrogens (tertiary/aromatic N) is 3. The molecule has 0 saturated heterocycles. The van der Waals surface area contributed by atoms with Gasteiger partial charge in [0.1, 0.15) is 5.37 Å². The molecule has 0 radical (unpaired) electrons. The molecule has 1 aromatic heterocycles. The molecule has 3 rings (SSSR count). The number of thioether (sulfide) groups is 1. The largest absolute Gasteiger partial charge is 0.416 e. The third-order valence-corrected chi connectivity index (χ3v) is 5.69. The lowest BCUT2D eigenvalue weighted by Crippen LogP contribution is -2.23. The van der Waals surface area contributed by atoms with E-state index in [1.807, 2.05) is 18.9 Å². The second kappa shape index (κ2) is 7.22. The first kappa shape index (κ1) is 19.2. The Morgan fingerprint density at radius 2 is 2.00 bits per heavy atom. The molecular weight excluding hydrogens is 377 g/mol. The van der Waals surface area contributed by atoms with Crippen LogP contribution < -0.4 is 5.32 Å². The summed E-state index contributed by atoms with van der Waals surface area (Å²) in [6.07, 6.45) is -2.05. The number of aryl methyl sites for hydroxylation is 1. The Labute approximate surface area is 158 Å². The highest BCUT2D eigenvalue weighted by Crippen LogP contribution is 2.41. The molecule has 27 heavy (non-hydrogen) atoms. The number of hydrogen-bond donors (Lipinski definition) is 1. The Balaban J connectivity index is 1.89. The van der Waals surface area contributed by atoms with E-state index in [4.69, 9.17) is 0 Å². The van der Waals surface area contributed by atoms with E-state index in [1.165, 1.54) is 30.9 Å². The van der Waals surface area contributed by atoms with Crippen molar-refractivity contribution in [2.75, 3.05) is 12.4 Å². The molecule has 1 unspecified atom stereocenters. The van der Waals surface area contributed by atoms with Gasteiger partial charge in [0.05, 0.1) is 16.2 Å².